The molecule has 3 rings (SSSR count). The third kappa shape index (κ3) is 4.66. The molecule has 0 amide bonds. The van der Waals surface area contributed by atoms with Crippen LogP contribution in [0.25, 0.3) is 0 Å². The van der Waals surface area contributed by atoms with Crippen molar-refractivity contribution < 1.29 is 48.3 Å². The van der Waals surface area contributed by atoms with Crippen molar-refractivity contribution in [3.05, 3.63) is 12.7 Å². The van der Waals surface area contributed by atoms with Gasteiger partial charge in [0.05, 0.1) is 18.2 Å². The first-order chi connectivity index (χ1) is 16.9. The molecule has 38 heavy (non-hydrogen) atoms. The van der Waals surface area contributed by atoms with E-state index in [0.29, 0.717) is 6.42 Å². The molecule has 12 heteroatoms. The third-order valence-corrected chi connectivity index (χ3v) is 8.78. The summed E-state index contributed by atoms with van der Waals surface area (Å²) in [5, 5.41) is 23.9. The smallest absolute Gasteiger partial charge is 0.344 e. The average molecular weight is 562 g/mol. The van der Waals surface area contributed by atoms with E-state index in [2.05, 4.69) is 6.58 Å². The summed E-state index contributed by atoms with van der Waals surface area (Å²) in [7, 11) is 0. The maximum atomic E-state index is 13.9. The lowest BCUT2D eigenvalue weighted by Crippen LogP contribution is -2.87. The number of halogens is 1. The molecule has 216 valence electrons. The molecular weight excluding hydrogens is 522 g/mol. The number of aliphatic hydroxyl groups excluding tert-OH is 1. The van der Waals surface area contributed by atoms with Crippen LogP contribution in [0.4, 0.5) is 0 Å². The van der Waals surface area contributed by atoms with Crippen LogP contribution in [0.15, 0.2) is 12.7 Å². The predicted molar refractivity (Wildman–Crippen MR) is 136 cm³/mol. The van der Waals surface area contributed by atoms with Crippen LogP contribution in [-0.4, -0.2) is 82.2 Å². The summed E-state index contributed by atoms with van der Waals surface area (Å²) in [5.41, 5.74) is -2.60. The number of aliphatic hydroxyl groups is 2. The summed E-state index contributed by atoms with van der Waals surface area (Å²) in [6, 6.07) is 0. The Morgan fingerprint density at radius 2 is 1.76 bits per heavy atom. The molecule has 0 unspecified atom stereocenters. The summed E-state index contributed by atoms with van der Waals surface area (Å²) in [6.45, 7) is 12.1. The molecule has 0 aromatic heterocycles. The fraction of sp³-hybridized carbons (Fsp3) is 0.769. The van der Waals surface area contributed by atoms with Gasteiger partial charge in [-0.2, -0.15) is 0 Å². The van der Waals surface area contributed by atoms with E-state index in [1.54, 1.807) is 13.8 Å². The molecule has 4 N–H and O–H groups in total. The van der Waals surface area contributed by atoms with Gasteiger partial charge >= 0.3 is 17.9 Å². The van der Waals surface area contributed by atoms with Crippen molar-refractivity contribution in [1.29, 1.82) is 0 Å². The molecule has 2 saturated carbocycles. The van der Waals surface area contributed by atoms with Crippen molar-refractivity contribution >= 4 is 36.1 Å². The number of Topliss-reactive ketones (excluding diaryl/α,β-unsaturated/α-hetero) is 1. The molecule has 3 fully saturated rings. The lowest BCUT2D eigenvalue weighted by molar-refractivity contribution is -0.371. The summed E-state index contributed by atoms with van der Waals surface area (Å²) < 4.78 is 22.8. The van der Waals surface area contributed by atoms with Gasteiger partial charge in [-0.3, -0.25) is 14.4 Å². The van der Waals surface area contributed by atoms with Crippen LogP contribution in [0.5, 0.6) is 0 Å². The van der Waals surface area contributed by atoms with Crippen molar-refractivity contribution in [3.63, 3.8) is 0 Å². The standard InChI is InChI=1S/C26H39NO10.ClH/c1-8-23(5)11-16(30)26(33)24(6)15(29)9-10-22(3,4)20(24)19(36-18(32)13-34-17(31)12-27)21(35-14(2)28)25(26,7)37-23;/h8,15,19-21,29,33H,1,9-13,27H2,2-7H3;1H/t15-,19-,20-,21-,23-,24-,25+,26-;/m0./s1. The second kappa shape index (κ2) is 10.5. The van der Waals surface area contributed by atoms with Crippen LogP contribution in [0, 0.1) is 16.7 Å². The zero-order chi connectivity index (χ0) is 28.2. The van der Waals surface area contributed by atoms with E-state index in [0.717, 1.165) is 6.92 Å². The highest BCUT2D eigenvalue weighted by atomic mass is 35.5. The van der Waals surface area contributed by atoms with Crippen LogP contribution in [0.1, 0.15) is 60.8 Å². The van der Waals surface area contributed by atoms with Crippen molar-refractivity contribution in [2.45, 2.75) is 95.9 Å². The number of rotatable bonds is 6. The Kier molecular flexibility index (Phi) is 8.88. The highest BCUT2D eigenvalue weighted by Gasteiger charge is 2.82. The van der Waals surface area contributed by atoms with E-state index in [-0.39, 0.29) is 25.2 Å². The van der Waals surface area contributed by atoms with Gasteiger partial charge in [0, 0.05) is 24.7 Å². The molecule has 8 atom stereocenters. The molecule has 0 bridgehead atoms. The van der Waals surface area contributed by atoms with E-state index in [1.165, 1.54) is 13.0 Å². The number of fused-ring (bicyclic) bond motifs is 3. The zero-order valence-corrected chi connectivity index (χ0v) is 23.6. The van der Waals surface area contributed by atoms with Gasteiger partial charge in [0.25, 0.3) is 0 Å². The van der Waals surface area contributed by atoms with Gasteiger partial charge in [-0.1, -0.05) is 26.8 Å². The second-order valence-corrected chi connectivity index (χ2v) is 11.7. The van der Waals surface area contributed by atoms with Crippen molar-refractivity contribution in [3.8, 4) is 0 Å². The lowest BCUT2D eigenvalue weighted by atomic mass is 9.39. The molecule has 0 radical (unpaired) electrons. The summed E-state index contributed by atoms with van der Waals surface area (Å²) in [6.07, 6.45) is -2.02. The SMILES string of the molecule is C=C[C@@]1(C)CC(=O)[C@]2(O)[C@@]3(C)[C@@H](O)CCC(C)(C)[C@@H]3[C@H](OC(=O)COC(=O)CN)[C@H](OC(C)=O)[C@@]2(C)O1.Cl. The Morgan fingerprint density at radius 1 is 1.16 bits per heavy atom. The van der Waals surface area contributed by atoms with E-state index >= 15 is 0 Å². The minimum absolute atomic E-state index is 0. The zero-order valence-electron chi connectivity index (χ0n) is 22.8. The van der Waals surface area contributed by atoms with E-state index in [1.807, 2.05) is 13.8 Å². The topological polar surface area (TPSA) is 172 Å². The molecule has 2 aliphatic carbocycles. The van der Waals surface area contributed by atoms with Gasteiger partial charge in [-0.15, -0.1) is 19.0 Å². The van der Waals surface area contributed by atoms with Crippen LogP contribution < -0.4 is 5.73 Å². The van der Waals surface area contributed by atoms with Gasteiger partial charge in [0.1, 0.15) is 11.7 Å². The van der Waals surface area contributed by atoms with Crippen molar-refractivity contribution in [1.82, 2.24) is 0 Å². The molecule has 1 heterocycles. The van der Waals surface area contributed by atoms with E-state index in [4.69, 9.17) is 24.7 Å². The van der Waals surface area contributed by atoms with Gasteiger partial charge in [-0.05, 0) is 32.1 Å². The number of ketones is 1. The minimum Gasteiger partial charge on any atom is -0.455 e. The molecule has 11 nitrogen and oxygen atoms in total. The Bertz CT molecular complexity index is 1000. The average Bonchev–Trinajstić information content (AvgIpc) is 2.80. The number of ether oxygens (including phenoxy) is 4. The van der Waals surface area contributed by atoms with Crippen molar-refractivity contribution in [2.24, 2.45) is 22.5 Å². The fourth-order valence-electron chi connectivity index (χ4n) is 7.13. The molecule has 3 aliphatic rings. The van der Waals surface area contributed by atoms with Crippen LogP contribution in [0.2, 0.25) is 0 Å². The van der Waals surface area contributed by atoms with Gasteiger partial charge in [-0.25, -0.2) is 4.79 Å². The third-order valence-electron chi connectivity index (χ3n) is 8.78. The molecule has 0 spiro atoms. The molecule has 1 saturated heterocycles. The van der Waals surface area contributed by atoms with Crippen LogP contribution in [0.3, 0.4) is 0 Å². The first-order valence-corrected chi connectivity index (χ1v) is 12.4. The molecule has 1 aliphatic heterocycles. The maximum Gasteiger partial charge on any atom is 0.344 e. The highest BCUT2D eigenvalue weighted by Crippen LogP contribution is 2.67. The minimum atomic E-state index is -2.33. The van der Waals surface area contributed by atoms with Crippen LogP contribution in [-0.2, 0) is 38.1 Å². The summed E-state index contributed by atoms with van der Waals surface area (Å²) >= 11 is 0. The predicted octanol–water partition coefficient (Wildman–Crippen LogP) is 0.995. The highest BCUT2D eigenvalue weighted by molar-refractivity contribution is 5.92. The number of nitrogens with two attached hydrogens (primary N) is 1. The molecular formula is C26H40ClNO10. The van der Waals surface area contributed by atoms with E-state index < -0.39 is 88.7 Å². The van der Waals surface area contributed by atoms with Gasteiger partial charge < -0.3 is 34.9 Å². The Morgan fingerprint density at radius 3 is 2.29 bits per heavy atom. The quantitative estimate of drug-likeness (QED) is 0.240. The largest absolute Gasteiger partial charge is 0.455 e. The first-order valence-electron chi connectivity index (χ1n) is 12.4. The number of esters is 3. The monoisotopic (exact) mass is 561 g/mol. The van der Waals surface area contributed by atoms with Gasteiger partial charge in [0.2, 0.25) is 0 Å². The lowest BCUT2D eigenvalue weighted by Gasteiger charge is -2.71. The van der Waals surface area contributed by atoms with Crippen LogP contribution >= 0.6 is 12.4 Å². The molecule has 0 aromatic carbocycles. The Balaban J connectivity index is 0.00000507. The summed E-state index contributed by atoms with van der Waals surface area (Å²) in [5.74, 6) is -4.01. The number of hydrogen-bond donors (Lipinski definition) is 3. The first kappa shape index (κ1) is 32.2. The Hall–Kier alpha value is -2.05. The molecule has 0 aromatic rings. The van der Waals surface area contributed by atoms with Crippen molar-refractivity contribution in [2.75, 3.05) is 13.2 Å². The number of carbonyl (C=O) groups is 4. The Labute approximate surface area is 228 Å². The summed E-state index contributed by atoms with van der Waals surface area (Å²) in [4.78, 5) is 50.7. The number of carbonyl (C=O) groups excluding carboxylic acids is 4. The van der Waals surface area contributed by atoms with E-state index in [9.17, 15) is 29.4 Å². The normalized spacial score (nSPS) is 41.4. The fourth-order valence-corrected chi connectivity index (χ4v) is 7.13. The van der Waals surface area contributed by atoms with Gasteiger partial charge in [0.15, 0.2) is 24.1 Å². The maximum absolute atomic E-state index is 13.9. The second-order valence-electron chi connectivity index (χ2n) is 11.7. The number of hydrogen-bond acceptors (Lipinski definition) is 11.